The van der Waals surface area contributed by atoms with Crippen LogP contribution in [0.5, 0.6) is 11.5 Å². The first-order valence-corrected chi connectivity index (χ1v) is 22.8. The quantitative estimate of drug-likeness (QED) is 0.176. The van der Waals surface area contributed by atoms with Crippen LogP contribution in [0.2, 0.25) is 0 Å². The number of hydrogen-bond donors (Lipinski definition) is 0. The van der Waals surface area contributed by atoms with Gasteiger partial charge < -0.3 is 14.5 Å². The second-order valence-corrected chi connectivity index (χ2v) is 18.9. The fourth-order valence-electron chi connectivity index (χ4n) is 11.3. The number of para-hydroxylation sites is 1. The summed E-state index contributed by atoms with van der Waals surface area (Å²) < 4.78 is 7.07. The maximum atomic E-state index is 7.07. The third kappa shape index (κ3) is 5.48. The molecule has 10 aromatic carbocycles. The predicted octanol–water partition coefficient (Wildman–Crippen LogP) is 17.3. The molecule has 2 heterocycles. The molecule has 0 unspecified atom stereocenters. The standard InChI is InChI=1S/C62H46N2O/c1-61(2)49-24-11-10-22-48(49)59-47-23-15-27-53(46(47)31-33-52(59)61)64-54-26-13-12-25-50(54)62(3,4)51-32-28-42(37-57(51)64)43-30-34-55-58(38-43)65-60-45-21-9-8-18-40(45)29-35-56(60)63(55)44-20-14-19-41(36-44)39-16-6-5-7-17-39/h5-38H,1-4H3. The van der Waals surface area contributed by atoms with Crippen molar-refractivity contribution in [3.8, 4) is 44.9 Å². The van der Waals surface area contributed by atoms with Crippen LogP contribution in [-0.2, 0) is 10.8 Å². The highest BCUT2D eigenvalue weighted by Crippen LogP contribution is 2.58. The average Bonchev–Trinajstić information content (AvgIpc) is 3.59. The van der Waals surface area contributed by atoms with Crippen molar-refractivity contribution in [3.05, 3.63) is 229 Å². The molecule has 0 aromatic heterocycles. The zero-order valence-electron chi connectivity index (χ0n) is 36.9. The summed E-state index contributed by atoms with van der Waals surface area (Å²) >= 11 is 0. The molecule has 10 aromatic rings. The Labute approximate surface area is 380 Å². The molecule has 0 fully saturated rings. The number of anilines is 6. The Balaban J connectivity index is 0.984. The van der Waals surface area contributed by atoms with Gasteiger partial charge in [-0.2, -0.15) is 0 Å². The molecule has 3 aliphatic rings. The first-order chi connectivity index (χ1) is 31.8. The van der Waals surface area contributed by atoms with Crippen LogP contribution in [0.25, 0.3) is 54.9 Å². The van der Waals surface area contributed by atoms with Crippen molar-refractivity contribution in [2.45, 2.75) is 38.5 Å². The lowest BCUT2D eigenvalue weighted by molar-refractivity contribution is 0.483. The van der Waals surface area contributed by atoms with Gasteiger partial charge in [0.25, 0.3) is 0 Å². The van der Waals surface area contributed by atoms with Gasteiger partial charge in [0.05, 0.1) is 28.4 Å². The van der Waals surface area contributed by atoms with Crippen LogP contribution in [-0.4, -0.2) is 0 Å². The molecule has 65 heavy (non-hydrogen) atoms. The molecule has 0 bridgehead atoms. The van der Waals surface area contributed by atoms with Crippen molar-refractivity contribution in [1.29, 1.82) is 0 Å². The molecule has 0 saturated carbocycles. The van der Waals surface area contributed by atoms with E-state index in [1.54, 1.807) is 0 Å². The topological polar surface area (TPSA) is 15.7 Å². The Morgan fingerprint density at radius 3 is 1.88 bits per heavy atom. The number of hydrogen-bond acceptors (Lipinski definition) is 3. The van der Waals surface area contributed by atoms with Crippen LogP contribution in [0.4, 0.5) is 34.1 Å². The van der Waals surface area contributed by atoms with Crippen molar-refractivity contribution < 1.29 is 4.74 Å². The number of nitrogens with zero attached hydrogens (tertiary/aromatic N) is 2. The summed E-state index contributed by atoms with van der Waals surface area (Å²) in [6.07, 6.45) is 0. The highest BCUT2D eigenvalue weighted by molar-refractivity contribution is 6.10. The minimum atomic E-state index is -0.228. The summed E-state index contributed by atoms with van der Waals surface area (Å²) in [5.74, 6) is 1.68. The molecule has 1 aliphatic carbocycles. The summed E-state index contributed by atoms with van der Waals surface area (Å²) in [6.45, 7) is 9.46. The maximum Gasteiger partial charge on any atom is 0.159 e. The first-order valence-electron chi connectivity index (χ1n) is 22.8. The van der Waals surface area contributed by atoms with E-state index in [1.165, 1.54) is 72.3 Å². The highest BCUT2D eigenvalue weighted by atomic mass is 16.5. The van der Waals surface area contributed by atoms with Gasteiger partial charge >= 0.3 is 0 Å². The molecule has 0 spiro atoms. The molecule has 2 aliphatic heterocycles. The largest absolute Gasteiger partial charge is 0.452 e. The zero-order chi connectivity index (χ0) is 43.6. The maximum absolute atomic E-state index is 7.07. The molecule has 0 saturated heterocycles. The van der Waals surface area contributed by atoms with Crippen LogP contribution < -0.4 is 14.5 Å². The van der Waals surface area contributed by atoms with Crippen LogP contribution in [0.1, 0.15) is 49.9 Å². The summed E-state index contributed by atoms with van der Waals surface area (Å²) in [7, 11) is 0. The SMILES string of the molecule is CC1(C)c2ccccc2N(c2cccc3c4c(ccc23)C(C)(C)c2ccccc2-4)c2cc(-c3ccc4c(c3)Oc3c(ccc5ccccc35)N4c3cccc(-c4ccccc4)c3)ccc21. The lowest BCUT2D eigenvalue weighted by Gasteiger charge is -2.42. The molecule has 310 valence electrons. The Kier molecular flexibility index (Phi) is 8.00. The van der Waals surface area contributed by atoms with E-state index in [-0.39, 0.29) is 10.8 Å². The molecule has 0 atom stereocenters. The van der Waals surface area contributed by atoms with E-state index >= 15 is 0 Å². The van der Waals surface area contributed by atoms with E-state index < -0.39 is 0 Å². The molecule has 0 N–H and O–H groups in total. The van der Waals surface area contributed by atoms with Crippen molar-refractivity contribution in [2.75, 3.05) is 9.80 Å². The van der Waals surface area contributed by atoms with E-state index in [9.17, 15) is 0 Å². The number of benzene rings is 10. The summed E-state index contributed by atoms with van der Waals surface area (Å²) in [6, 6.07) is 75.7. The van der Waals surface area contributed by atoms with E-state index in [0.29, 0.717) is 0 Å². The van der Waals surface area contributed by atoms with Crippen molar-refractivity contribution in [1.82, 2.24) is 0 Å². The van der Waals surface area contributed by atoms with E-state index in [0.717, 1.165) is 50.5 Å². The van der Waals surface area contributed by atoms with E-state index in [1.807, 2.05) is 0 Å². The predicted molar refractivity (Wildman–Crippen MR) is 271 cm³/mol. The van der Waals surface area contributed by atoms with Crippen molar-refractivity contribution in [2.24, 2.45) is 0 Å². The van der Waals surface area contributed by atoms with Gasteiger partial charge in [-0.1, -0.05) is 185 Å². The van der Waals surface area contributed by atoms with Gasteiger partial charge in [0.15, 0.2) is 11.5 Å². The lowest BCUT2D eigenvalue weighted by Crippen LogP contribution is -2.30. The third-order valence-corrected chi connectivity index (χ3v) is 14.6. The fourth-order valence-corrected chi connectivity index (χ4v) is 11.3. The number of fused-ring (bicyclic) bond motifs is 11. The third-order valence-electron chi connectivity index (χ3n) is 14.6. The smallest absolute Gasteiger partial charge is 0.159 e. The van der Waals surface area contributed by atoms with Gasteiger partial charge in [0.2, 0.25) is 0 Å². The molecule has 0 radical (unpaired) electrons. The summed E-state index contributed by atoms with van der Waals surface area (Å²) in [5, 5.41) is 4.77. The molecular formula is C62H46N2O. The minimum absolute atomic E-state index is 0.0730. The second-order valence-electron chi connectivity index (χ2n) is 18.9. The van der Waals surface area contributed by atoms with Gasteiger partial charge in [-0.15, -0.1) is 0 Å². The lowest BCUT2D eigenvalue weighted by atomic mass is 9.73. The first kappa shape index (κ1) is 37.7. The minimum Gasteiger partial charge on any atom is -0.452 e. The number of ether oxygens (including phenoxy) is 1. The second kappa shape index (κ2) is 13.8. The zero-order valence-corrected chi connectivity index (χ0v) is 36.9. The molecular weight excluding hydrogens is 789 g/mol. The van der Waals surface area contributed by atoms with Gasteiger partial charge in [-0.05, 0) is 115 Å². The molecule has 0 amide bonds. The van der Waals surface area contributed by atoms with Crippen LogP contribution in [0, 0.1) is 0 Å². The fraction of sp³-hybridized carbons (Fsp3) is 0.0968. The Hall–Kier alpha value is -7.88. The molecule has 3 nitrogen and oxygen atoms in total. The Morgan fingerprint density at radius 2 is 0.985 bits per heavy atom. The summed E-state index contributed by atoms with van der Waals surface area (Å²) in [4.78, 5) is 4.89. The molecule has 13 rings (SSSR count). The van der Waals surface area contributed by atoms with Crippen molar-refractivity contribution in [3.63, 3.8) is 0 Å². The average molecular weight is 835 g/mol. The van der Waals surface area contributed by atoms with Crippen LogP contribution in [0.15, 0.2) is 206 Å². The van der Waals surface area contributed by atoms with Crippen molar-refractivity contribution >= 4 is 55.7 Å². The summed E-state index contributed by atoms with van der Waals surface area (Å²) in [5.41, 5.74) is 19.1. The Bertz CT molecular complexity index is 3600. The van der Waals surface area contributed by atoms with Gasteiger partial charge in [0, 0.05) is 27.3 Å². The Morgan fingerprint density at radius 1 is 0.354 bits per heavy atom. The van der Waals surface area contributed by atoms with Gasteiger partial charge in [-0.3, -0.25) is 0 Å². The van der Waals surface area contributed by atoms with E-state index in [2.05, 4.69) is 244 Å². The number of rotatable bonds is 4. The van der Waals surface area contributed by atoms with Crippen LogP contribution in [0.3, 0.4) is 0 Å². The monoisotopic (exact) mass is 834 g/mol. The van der Waals surface area contributed by atoms with E-state index in [4.69, 9.17) is 4.74 Å². The normalized spacial score (nSPS) is 14.8. The van der Waals surface area contributed by atoms with Gasteiger partial charge in [0.1, 0.15) is 0 Å². The van der Waals surface area contributed by atoms with Gasteiger partial charge in [-0.25, -0.2) is 0 Å². The highest BCUT2D eigenvalue weighted by Gasteiger charge is 2.40. The van der Waals surface area contributed by atoms with Crippen LogP contribution >= 0.6 is 0 Å². The molecule has 3 heteroatoms.